The fraction of sp³-hybridized carbons (Fsp3) is 0.708. The Kier molecular flexibility index (Phi) is 9.43. The molecule has 30 heavy (non-hydrogen) atoms. The Morgan fingerprint density at radius 3 is 2.17 bits per heavy atom. The van der Waals surface area contributed by atoms with Crippen molar-refractivity contribution in [3.63, 3.8) is 0 Å². The van der Waals surface area contributed by atoms with Crippen LogP contribution in [0.3, 0.4) is 0 Å². The summed E-state index contributed by atoms with van der Waals surface area (Å²) in [7, 11) is 1.85. The smallest absolute Gasteiger partial charge is 0.191 e. The van der Waals surface area contributed by atoms with Gasteiger partial charge >= 0.3 is 0 Å². The van der Waals surface area contributed by atoms with E-state index in [0.29, 0.717) is 5.92 Å². The van der Waals surface area contributed by atoms with E-state index >= 15 is 0 Å². The lowest BCUT2D eigenvalue weighted by atomic mass is 10.1. The van der Waals surface area contributed by atoms with Crippen molar-refractivity contribution in [3.8, 4) is 0 Å². The van der Waals surface area contributed by atoms with Gasteiger partial charge in [0, 0.05) is 59.4 Å². The summed E-state index contributed by atoms with van der Waals surface area (Å²) in [5.74, 6) is 1.49. The third-order valence-corrected chi connectivity index (χ3v) is 6.41. The summed E-state index contributed by atoms with van der Waals surface area (Å²) in [6.45, 7) is 17.0. The van der Waals surface area contributed by atoms with Crippen molar-refractivity contribution < 1.29 is 0 Å². The average Bonchev–Trinajstić information content (AvgIpc) is 3.28. The maximum Gasteiger partial charge on any atom is 0.191 e. The molecule has 0 aliphatic carbocycles. The van der Waals surface area contributed by atoms with Crippen LogP contribution in [0.4, 0.5) is 0 Å². The van der Waals surface area contributed by atoms with Crippen molar-refractivity contribution in [2.45, 2.75) is 39.8 Å². The first kappa shape index (κ1) is 23.0. The maximum absolute atomic E-state index is 4.40. The molecule has 1 atom stereocenters. The van der Waals surface area contributed by atoms with Crippen molar-refractivity contribution in [2.24, 2.45) is 10.9 Å². The quantitative estimate of drug-likeness (QED) is 0.479. The predicted molar refractivity (Wildman–Crippen MR) is 127 cm³/mol. The van der Waals surface area contributed by atoms with Gasteiger partial charge in [-0.05, 0) is 49.5 Å². The molecule has 0 saturated carbocycles. The van der Waals surface area contributed by atoms with E-state index in [1.54, 1.807) is 0 Å². The molecule has 2 saturated heterocycles. The summed E-state index contributed by atoms with van der Waals surface area (Å²) >= 11 is 0. The summed E-state index contributed by atoms with van der Waals surface area (Å²) in [6.07, 6.45) is 2.70. The summed E-state index contributed by atoms with van der Waals surface area (Å²) in [5.41, 5.74) is 2.71. The molecule has 1 aromatic rings. The Bertz CT molecular complexity index is 630. The number of aliphatic imine (C=N–C) groups is 1. The first-order valence-electron chi connectivity index (χ1n) is 11.9. The van der Waals surface area contributed by atoms with Crippen LogP contribution in [0.1, 0.15) is 37.8 Å². The first-order valence-corrected chi connectivity index (χ1v) is 11.9. The van der Waals surface area contributed by atoms with Crippen molar-refractivity contribution in [1.29, 1.82) is 0 Å². The van der Waals surface area contributed by atoms with Crippen LogP contribution in [0.25, 0.3) is 0 Å². The zero-order valence-corrected chi connectivity index (χ0v) is 19.4. The number of hydrogen-bond acceptors (Lipinski definition) is 4. The summed E-state index contributed by atoms with van der Waals surface area (Å²) in [6, 6.07) is 9.02. The van der Waals surface area contributed by atoms with E-state index < -0.39 is 0 Å². The molecule has 168 valence electrons. The van der Waals surface area contributed by atoms with Gasteiger partial charge in [-0.25, -0.2) is 0 Å². The molecule has 1 unspecified atom stereocenters. The second-order valence-corrected chi connectivity index (χ2v) is 8.95. The van der Waals surface area contributed by atoms with Crippen molar-refractivity contribution >= 4 is 5.96 Å². The monoisotopic (exact) mass is 414 g/mol. The SMILES string of the molecule is CCN1CCN(CC(C)CNC(=NC)NCc2ccc(CN3CCCC3)cc2)CC1. The largest absolute Gasteiger partial charge is 0.356 e. The molecule has 2 heterocycles. The third kappa shape index (κ3) is 7.56. The standard InChI is InChI=1S/C24H42N6/c1-4-28-13-15-30(16-14-28)19-21(2)17-26-24(25-3)27-18-22-7-9-23(10-8-22)20-29-11-5-6-12-29/h7-10,21H,4-6,11-20H2,1-3H3,(H2,25,26,27). The Balaban J connectivity index is 1.34. The van der Waals surface area contributed by atoms with Crippen LogP contribution in [0.5, 0.6) is 0 Å². The molecular formula is C24H42N6. The second-order valence-electron chi connectivity index (χ2n) is 8.95. The van der Waals surface area contributed by atoms with Crippen LogP contribution in [-0.2, 0) is 13.1 Å². The minimum atomic E-state index is 0.599. The van der Waals surface area contributed by atoms with E-state index in [9.17, 15) is 0 Å². The van der Waals surface area contributed by atoms with Crippen LogP contribution in [0, 0.1) is 5.92 Å². The lowest BCUT2D eigenvalue weighted by Gasteiger charge is -2.35. The number of likely N-dealkylation sites (N-methyl/N-ethyl adjacent to an activating group) is 1. The van der Waals surface area contributed by atoms with Gasteiger partial charge in [-0.2, -0.15) is 0 Å². The molecule has 6 nitrogen and oxygen atoms in total. The minimum absolute atomic E-state index is 0.599. The fourth-order valence-corrected chi connectivity index (χ4v) is 4.43. The van der Waals surface area contributed by atoms with Gasteiger partial charge in [0.2, 0.25) is 0 Å². The molecule has 2 N–H and O–H groups in total. The Morgan fingerprint density at radius 1 is 0.900 bits per heavy atom. The highest BCUT2D eigenvalue weighted by Gasteiger charge is 2.17. The van der Waals surface area contributed by atoms with E-state index in [1.807, 2.05) is 7.05 Å². The third-order valence-electron chi connectivity index (χ3n) is 6.41. The van der Waals surface area contributed by atoms with Gasteiger partial charge in [0.15, 0.2) is 5.96 Å². The summed E-state index contributed by atoms with van der Waals surface area (Å²) < 4.78 is 0. The summed E-state index contributed by atoms with van der Waals surface area (Å²) in [4.78, 5) is 12.1. The molecule has 0 aromatic heterocycles. The highest BCUT2D eigenvalue weighted by Crippen LogP contribution is 2.13. The number of nitrogens with one attached hydrogen (secondary N) is 2. The molecule has 0 amide bonds. The molecule has 0 bridgehead atoms. The van der Waals surface area contributed by atoms with Crippen LogP contribution >= 0.6 is 0 Å². The molecule has 6 heteroatoms. The van der Waals surface area contributed by atoms with Crippen molar-refractivity contribution in [1.82, 2.24) is 25.3 Å². The lowest BCUT2D eigenvalue weighted by molar-refractivity contribution is 0.124. The highest BCUT2D eigenvalue weighted by molar-refractivity contribution is 5.79. The van der Waals surface area contributed by atoms with Gasteiger partial charge in [-0.3, -0.25) is 9.89 Å². The van der Waals surface area contributed by atoms with Gasteiger partial charge < -0.3 is 20.4 Å². The van der Waals surface area contributed by atoms with E-state index in [4.69, 9.17) is 0 Å². The van der Waals surface area contributed by atoms with Crippen molar-refractivity contribution in [2.75, 3.05) is 66.0 Å². The average molecular weight is 415 g/mol. The Labute approximate surface area is 183 Å². The Morgan fingerprint density at radius 2 is 1.53 bits per heavy atom. The van der Waals surface area contributed by atoms with Gasteiger partial charge in [-0.1, -0.05) is 38.1 Å². The van der Waals surface area contributed by atoms with Crippen LogP contribution in [0.2, 0.25) is 0 Å². The van der Waals surface area contributed by atoms with Gasteiger partial charge in [0.1, 0.15) is 0 Å². The van der Waals surface area contributed by atoms with Gasteiger partial charge in [0.25, 0.3) is 0 Å². The molecule has 3 rings (SSSR count). The van der Waals surface area contributed by atoms with Gasteiger partial charge in [0.05, 0.1) is 0 Å². The number of guanidine groups is 1. The van der Waals surface area contributed by atoms with E-state index in [-0.39, 0.29) is 0 Å². The molecule has 1 aromatic carbocycles. The number of rotatable bonds is 9. The zero-order chi connectivity index (χ0) is 21.2. The fourth-order valence-electron chi connectivity index (χ4n) is 4.43. The number of benzene rings is 1. The first-order chi connectivity index (χ1) is 14.7. The lowest BCUT2D eigenvalue weighted by Crippen LogP contribution is -2.48. The number of piperazine rings is 1. The van der Waals surface area contributed by atoms with Crippen LogP contribution in [-0.4, -0.2) is 86.6 Å². The molecule has 0 radical (unpaired) electrons. The van der Waals surface area contributed by atoms with Gasteiger partial charge in [-0.15, -0.1) is 0 Å². The highest BCUT2D eigenvalue weighted by atomic mass is 15.3. The zero-order valence-electron chi connectivity index (χ0n) is 19.4. The topological polar surface area (TPSA) is 46.1 Å². The summed E-state index contributed by atoms with van der Waals surface area (Å²) in [5, 5.41) is 6.96. The number of hydrogen-bond donors (Lipinski definition) is 2. The molecule has 2 aliphatic rings. The molecule has 0 spiro atoms. The molecule has 2 fully saturated rings. The van der Waals surface area contributed by atoms with E-state index in [2.05, 4.69) is 68.4 Å². The van der Waals surface area contributed by atoms with E-state index in [1.165, 1.54) is 69.8 Å². The maximum atomic E-state index is 4.40. The number of nitrogens with zero attached hydrogens (tertiary/aromatic N) is 4. The molecule has 2 aliphatic heterocycles. The Hall–Kier alpha value is -1.63. The minimum Gasteiger partial charge on any atom is -0.356 e. The van der Waals surface area contributed by atoms with Crippen LogP contribution < -0.4 is 10.6 Å². The van der Waals surface area contributed by atoms with E-state index in [0.717, 1.165) is 32.1 Å². The normalized spacial score (nSPS) is 20.4. The van der Waals surface area contributed by atoms with Crippen molar-refractivity contribution in [3.05, 3.63) is 35.4 Å². The predicted octanol–water partition coefficient (Wildman–Crippen LogP) is 2.22. The number of likely N-dealkylation sites (tertiary alicyclic amines) is 1. The van der Waals surface area contributed by atoms with Crippen LogP contribution in [0.15, 0.2) is 29.3 Å². The molecular weight excluding hydrogens is 372 g/mol. The second kappa shape index (κ2) is 12.3.